The Hall–Kier alpha value is -1.92. The fraction of sp³-hybridized carbons (Fsp3) is 0.538. The van der Waals surface area contributed by atoms with Crippen molar-refractivity contribution in [1.82, 2.24) is 15.6 Å². The molecule has 0 bridgehead atoms. The Morgan fingerprint density at radius 1 is 1.45 bits per heavy atom. The number of ether oxygens (including phenoxy) is 1. The van der Waals surface area contributed by atoms with Gasteiger partial charge in [0.15, 0.2) is 0 Å². The molecule has 0 aromatic carbocycles. The van der Waals surface area contributed by atoms with Crippen LogP contribution in [0.1, 0.15) is 29.2 Å². The lowest BCUT2D eigenvalue weighted by atomic mass is 9.97. The smallest absolute Gasteiger partial charge is 0.388 e. The summed E-state index contributed by atoms with van der Waals surface area (Å²) in [5.41, 5.74) is 0.619. The second-order valence-corrected chi connectivity index (χ2v) is 5.48. The summed E-state index contributed by atoms with van der Waals surface area (Å²) < 4.78 is 28.3. The molecule has 0 spiro atoms. The zero-order valence-corrected chi connectivity index (χ0v) is 11.7. The minimum Gasteiger partial charge on any atom is -0.417 e. The molecule has 5 nitrogen and oxygen atoms in total. The van der Waals surface area contributed by atoms with E-state index < -0.39 is 6.61 Å². The number of carbonyl (C=O) groups is 1. The number of rotatable bonds is 5. The molecule has 1 aromatic rings. The van der Waals surface area contributed by atoms with E-state index in [0.29, 0.717) is 12.1 Å². The summed E-state index contributed by atoms with van der Waals surface area (Å²) in [6, 6.07) is 2.66. The zero-order chi connectivity index (χ0) is 15.2. The fourth-order valence-corrected chi connectivity index (χ4v) is 1.31. The molecule has 1 aromatic heterocycles. The molecular weight excluding hydrogens is 268 g/mol. The number of aromatic nitrogens is 1. The standard InChI is InChI=1S/C13H19F2N3O2.2H2/c1-13(2,3)8-18-12(19)17-7-9-4-5-16-10(6-9)20-11(14)15;;/h4-6,11H,7-8H2,1-3H3,(H2,17,18,19);2*1H. The van der Waals surface area contributed by atoms with E-state index in [9.17, 15) is 13.6 Å². The average molecular weight is 291 g/mol. The van der Waals surface area contributed by atoms with E-state index in [-0.39, 0.29) is 26.7 Å². The third-order valence-corrected chi connectivity index (χ3v) is 2.24. The lowest BCUT2D eigenvalue weighted by Gasteiger charge is -2.18. The summed E-state index contributed by atoms with van der Waals surface area (Å²) in [6.45, 7) is 3.84. The first-order valence-corrected chi connectivity index (χ1v) is 6.18. The van der Waals surface area contributed by atoms with Crippen molar-refractivity contribution in [3.05, 3.63) is 23.9 Å². The molecule has 0 saturated heterocycles. The molecule has 0 aliphatic heterocycles. The second kappa shape index (κ2) is 7.02. The summed E-state index contributed by atoms with van der Waals surface area (Å²) in [6.07, 6.45) is 1.35. The first-order chi connectivity index (χ1) is 9.26. The van der Waals surface area contributed by atoms with Crippen LogP contribution in [0.3, 0.4) is 0 Å². The molecule has 0 saturated carbocycles. The van der Waals surface area contributed by atoms with Crippen molar-refractivity contribution in [3.63, 3.8) is 0 Å². The van der Waals surface area contributed by atoms with Crippen molar-refractivity contribution < 1.29 is 21.2 Å². The number of pyridine rings is 1. The van der Waals surface area contributed by atoms with Crippen LogP contribution in [0.25, 0.3) is 0 Å². The van der Waals surface area contributed by atoms with Crippen LogP contribution in [0.4, 0.5) is 13.6 Å². The van der Waals surface area contributed by atoms with E-state index in [1.54, 1.807) is 6.07 Å². The maximum atomic E-state index is 12.0. The first kappa shape index (κ1) is 16.1. The molecule has 7 heteroatoms. The number of nitrogens with zero attached hydrogens (tertiary/aromatic N) is 1. The lowest BCUT2D eigenvalue weighted by molar-refractivity contribution is -0.0528. The Kier molecular flexibility index (Phi) is 5.66. The highest BCUT2D eigenvalue weighted by Gasteiger charge is 2.11. The van der Waals surface area contributed by atoms with Crippen molar-refractivity contribution in [2.75, 3.05) is 6.54 Å². The van der Waals surface area contributed by atoms with Gasteiger partial charge in [0.1, 0.15) is 0 Å². The van der Waals surface area contributed by atoms with E-state index in [1.807, 2.05) is 20.8 Å². The van der Waals surface area contributed by atoms with Crippen LogP contribution < -0.4 is 15.4 Å². The van der Waals surface area contributed by atoms with E-state index in [4.69, 9.17) is 0 Å². The molecule has 0 aliphatic rings. The maximum Gasteiger partial charge on any atom is 0.388 e. The van der Waals surface area contributed by atoms with Crippen LogP contribution >= 0.6 is 0 Å². The van der Waals surface area contributed by atoms with Gasteiger partial charge < -0.3 is 15.4 Å². The molecule has 0 fully saturated rings. The van der Waals surface area contributed by atoms with Gasteiger partial charge in [-0.15, -0.1) is 0 Å². The molecule has 1 rings (SSSR count). The van der Waals surface area contributed by atoms with Gasteiger partial charge in [0.2, 0.25) is 5.88 Å². The summed E-state index contributed by atoms with van der Waals surface area (Å²) >= 11 is 0. The van der Waals surface area contributed by atoms with Crippen LogP contribution in [-0.4, -0.2) is 24.2 Å². The minimum atomic E-state index is -2.92. The SMILES string of the molecule is CC(C)(C)CNC(=O)NCc1ccnc(OC(F)F)c1.[HH].[HH]. The zero-order valence-electron chi connectivity index (χ0n) is 11.7. The predicted octanol–water partition coefficient (Wildman–Crippen LogP) is 3.02. The van der Waals surface area contributed by atoms with Crippen molar-refractivity contribution >= 4 is 6.03 Å². The van der Waals surface area contributed by atoms with Crippen LogP contribution in [0.15, 0.2) is 18.3 Å². The number of hydrogen-bond acceptors (Lipinski definition) is 3. The Morgan fingerprint density at radius 3 is 2.75 bits per heavy atom. The van der Waals surface area contributed by atoms with Gasteiger partial charge in [-0.05, 0) is 17.0 Å². The highest BCUT2D eigenvalue weighted by molar-refractivity contribution is 5.73. The molecule has 0 radical (unpaired) electrons. The average Bonchev–Trinajstić information content (AvgIpc) is 2.32. The monoisotopic (exact) mass is 291 g/mol. The number of urea groups is 1. The number of hydrogen-bond donors (Lipinski definition) is 2. The third kappa shape index (κ3) is 6.86. The van der Waals surface area contributed by atoms with Crippen LogP contribution in [0, 0.1) is 5.41 Å². The molecule has 20 heavy (non-hydrogen) atoms. The van der Waals surface area contributed by atoms with Crippen LogP contribution in [0.2, 0.25) is 0 Å². The number of amides is 2. The third-order valence-electron chi connectivity index (χ3n) is 2.24. The van der Waals surface area contributed by atoms with E-state index in [1.165, 1.54) is 12.3 Å². The van der Waals surface area contributed by atoms with Crippen LogP contribution in [-0.2, 0) is 6.54 Å². The number of nitrogens with one attached hydrogen (secondary N) is 2. The van der Waals surface area contributed by atoms with Gasteiger partial charge in [-0.1, -0.05) is 20.8 Å². The maximum absolute atomic E-state index is 12.0. The van der Waals surface area contributed by atoms with Crippen molar-refractivity contribution in [1.29, 1.82) is 0 Å². The van der Waals surface area contributed by atoms with Crippen LogP contribution in [0.5, 0.6) is 5.88 Å². The predicted molar refractivity (Wildman–Crippen MR) is 74.8 cm³/mol. The number of halogens is 2. The largest absolute Gasteiger partial charge is 0.417 e. The van der Waals surface area contributed by atoms with Gasteiger partial charge in [-0.3, -0.25) is 0 Å². The summed E-state index contributed by atoms with van der Waals surface area (Å²) in [5, 5.41) is 5.35. The molecule has 0 aliphatic carbocycles. The topological polar surface area (TPSA) is 63.2 Å². The molecule has 116 valence electrons. The van der Waals surface area contributed by atoms with Gasteiger partial charge in [0, 0.05) is 28.2 Å². The van der Waals surface area contributed by atoms with Gasteiger partial charge in [-0.2, -0.15) is 8.78 Å². The van der Waals surface area contributed by atoms with Gasteiger partial charge >= 0.3 is 12.6 Å². The van der Waals surface area contributed by atoms with Gasteiger partial charge in [0.05, 0.1) is 0 Å². The van der Waals surface area contributed by atoms with Gasteiger partial charge in [-0.25, -0.2) is 9.78 Å². The van der Waals surface area contributed by atoms with Gasteiger partial charge in [0.25, 0.3) is 0 Å². The quantitative estimate of drug-likeness (QED) is 0.876. The second-order valence-electron chi connectivity index (χ2n) is 5.48. The van der Waals surface area contributed by atoms with E-state index >= 15 is 0 Å². The summed E-state index contributed by atoms with van der Waals surface area (Å²) in [4.78, 5) is 15.2. The number of alkyl halides is 2. The van der Waals surface area contributed by atoms with Crippen molar-refractivity contribution in [3.8, 4) is 5.88 Å². The van der Waals surface area contributed by atoms with Crippen molar-refractivity contribution in [2.45, 2.75) is 33.9 Å². The molecule has 0 unspecified atom stereocenters. The number of carbonyl (C=O) groups excluding carboxylic acids is 1. The first-order valence-electron chi connectivity index (χ1n) is 6.18. The molecule has 1 heterocycles. The highest BCUT2D eigenvalue weighted by Crippen LogP contribution is 2.12. The van der Waals surface area contributed by atoms with E-state index in [2.05, 4.69) is 20.4 Å². The Labute approximate surface area is 119 Å². The minimum absolute atomic E-state index is 0. The molecule has 2 amide bonds. The summed E-state index contributed by atoms with van der Waals surface area (Å²) in [5.74, 6) is -0.172. The molecule has 2 N–H and O–H groups in total. The molecule has 0 atom stereocenters. The summed E-state index contributed by atoms with van der Waals surface area (Å²) in [7, 11) is 0. The van der Waals surface area contributed by atoms with E-state index in [0.717, 1.165) is 0 Å². The lowest BCUT2D eigenvalue weighted by Crippen LogP contribution is -2.39. The highest BCUT2D eigenvalue weighted by atomic mass is 19.3. The Morgan fingerprint density at radius 2 is 2.15 bits per heavy atom. The fourth-order valence-electron chi connectivity index (χ4n) is 1.31. The normalized spacial score (nSPS) is 11.3. The molecular formula is C13H23F2N3O2. The van der Waals surface area contributed by atoms with Crippen molar-refractivity contribution in [2.24, 2.45) is 5.41 Å². The Bertz CT molecular complexity index is 457. The Balaban J connectivity index is 0.